The largest absolute Gasteiger partial charge is 0.480 e. The molecule has 0 aliphatic heterocycles. The van der Waals surface area contributed by atoms with E-state index in [2.05, 4.69) is 45.1 Å². The number of nitrogens with zero attached hydrogens (tertiary/aromatic N) is 4. The Morgan fingerprint density at radius 2 is 2.05 bits per heavy atom. The second-order valence-corrected chi connectivity index (χ2v) is 5.25. The number of halogens is 1. The highest BCUT2D eigenvalue weighted by molar-refractivity contribution is 9.10. The quantitative estimate of drug-likeness (QED) is 0.930. The average Bonchev–Trinajstić information content (AvgIpc) is 2.80. The minimum atomic E-state index is -0.391. The van der Waals surface area contributed by atoms with Crippen LogP contribution >= 0.6 is 15.9 Å². The van der Waals surface area contributed by atoms with Crippen molar-refractivity contribution in [3.63, 3.8) is 0 Å². The van der Waals surface area contributed by atoms with Crippen molar-refractivity contribution in [2.24, 2.45) is 5.73 Å². The highest BCUT2D eigenvalue weighted by Crippen LogP contribution is 2.28. The molecule has 102 valence electrons. The first kappa shape index (κ1) is 14.0. The third-order valence-electron chi connectivity index (χ3n) is 2.76. The molecule has 6 nitrogen and oxygen atoms in total. The molecule has 0 aliphatic rings. The van der Waals surface area contributed by atoms with Gasteiger partial charge in [0.1, 0.15) is 0 Å². The van der Waals surface area contributed by atoms with Gasteiger partial charge in [0.2, 0.25) is 5.88 Å². The highest BCUT2D eigenvalue weighted by Gasteiger charge is 2.21. The van der Waals surface area contributed by atoms with Gasteiger partial charge in [0.05, 0.1) is 35.2 Å². The van der Waals surface area contributed by atoms with E-state index >= 15 is 0 Å². The van der Waals surface area contributed by atoms with Crippen molar-refractivity contribution in [2.75, 3.05) is 7.11 Å². The Balaban J connectivity index is 2.37. The lowest BCUT2D eigenvalue weighted by molar-refractivity contribution is 0.390. The fourth-order valence-corrected chi connectivity index (χ4v) is 2.32. The van der Waals surface area contributed by atoms with Gasteiger partial charge in [0.25, 0.3) is 0 Å². The molecule has 0 saturated heterocycles. The molecule has 1 atom stereocenters. The van der Waals surface area contributed by atoms with Gasteiger partial charge in [0.15, 0.2) is 0 Å². The number of methoxy groups -OCH3 is 1. The van der Waals surface area contributed by atoms with Gasteiger partial charge in [-0.1, -0.05) is 0 Å². The topological polar surface area (TPSA) is 78.9 Å². The van der Waals surface area contributed by atoms with Crippen molar-refractivity contribution in [1.82, 2.24) is 20.0 Å². The van der Waals surface area contributed by atoms with Crippen molar-refractivity contribution >= 4 is 15.9 Å². The summed E-state index contributed by atoms with van der Waals surface area (Å²) in [5, 5.41) is 12.3. The molecule has 0 saturated carbocycles. The second kappa shape index (κ2) is 5.66. The molecule has 1 unspecified atom stereocenters. The Labute approximate surface area is 120 Å². The van der Waals surface area contributed by atoms with Crippen LogP contribution in [0, 0.1) is 0 Å². The first-order valence-electron chi connectivity index (χ1n) is 5.90. The van der Waals surface area contributed by atoms with Crippen LogP contribution in [0.4, 0.5) is 0 Å². The van der Waals surface area contributed by atoms with Gasteiger partial charge in [-0.25, -0.2) is 0 Å². The average molecular weight is 326 g/mol. The maximum Gasteiger partial charge on any atom is 0.233 e. The number of rotatable bonds is 4. The van der Waals surface area contributed by atoms with E-state index in [0.717, 1.165) is 10.2 Å². The van der Waals surface area contributed by atoms with Crippen LogP contribution in [0.15, 0.2) is 22.8 Å². The molecule has 2 N–H and O–H groups in total. The first-order chi connectivity index (χ1) is 9.04. The zero-order valence-electron chi connectivity index (χ0n) is 11.0. The number of nitrogens with two attached hydrogens (primary N) is 1. The van der Waals surface area contributed by atoms with Gasteiger partial charge in [0, 0.05) is 12.1 Å². The molecule has 0 aromatic carbocycles. The number of ether oxygens (including phenoxy) is 1. The van der Waals surface area contributed by atoms with Crippen LogP contribution < -0.4 is 10.5 Å². The van der Waals surface area contributed by atoms with E-state index in [1.165, 1.54) is 0 Å². The first-order valence-corrected chi connectivity index (χ1v) is 6.70. The van der Waals surface area contributed by atoms with Crippen LogP contribution in [0.2, 0.25) is 0 Å². The Kier molecular flexibility index (Phi) is 4.16. The fourth-order valence-electron chi connectivity index (χ4n) is 1.80. The highest BCUT2D eigenvalue weighted by atomic mass is 79.9. The maximum absolute atomic E-state index is 6.26. The molecular weight excluding hydrogens is 310 g/mol. The molecule has 0 fully saturated rings. The Morgan fingerprint density at radius 3 is 2.58 bits per heavy atom. The minimum absolute atomic E-state index is 0.221. The number of aromatic nitrogens is 4. The predicted octanol–water partition coefficient (Wildman–Crippen LogP) is 2.07. The summed E-state index contributed by atoms with van der Waals surface area (Å²) in [5.41, 5.74) is 7.81. The lowest BCUT2D eigenvalue weighted by Gasteiger charge is -2.16. The lowest BCUT2D eigenvalue weighted by atomic mass is 10.1. The summed E-state index contributed by atoms with van der Waals surface area (Å²) < 4.78 is 7.73. The summed E-state index contributed by atoms with van der Waals surface area (Å²) in [6, 6.07) is 3.38. The van der Waals surface area contributed by atoms with E-state index in [1.54, 1.807) is 25.4 Å². The SMILES string of the molecule is COc1ccc(C(N)c2c(Br)cnn2C(C)C)nn1. The monoisotopic (exact) mass is 325 g/mol. The number of hydrogen-bond acceptors (Lipinski definition) is 5. The molecule has 2 heterocycles. The van der Waals surface area contributed by atoms with E-state index < -0.39 is 6.04 Å². The van der Waals surface area contributed by atoms with Gasteiger partial charge >= 0.3 is 0 Å². The zero-order valence-corrected chi connectivity index (χ0v) is 12.6. The van der Waals surface area contributed by atoms with Crippen molar-refractivity contribution in [3.05, 3.63) is 34.2 Å². The van der Waals surface area contributed by atoms with Crippen molar-refractivity contribution in [2.45, 2.75) is 25.9 Å². The van der Waals surface area contributed by atoms with Crippen LogP contribution in [-0.2, 0) is 0 Å². The molecule has 19 heavy (non-hydrogen) atoms. The molecule has 0 aliphatic carbocycles. The summed E-state index contributed by atoms with van der Waals surface area (Å²) in [6.07, 6.45) is 1.74. The minimum Gasteiger partial charge on any atom is -0.480 e. The van der Waals surface area contributed by atoms with Crippen LogP contribution in [0.5, 0.6) is 5.88 Å². The maximum atomic E-state index is 6.26. The van der Waals surface area contributed by atoms with Crippen molar-refractivity contribution < 1.29 is 4.74 Å². The van der Waals surface area contributed by atoms with E-state index in [1.807, 2.05) is 4.68 Å². The van der Waals surface area contributed by atoms with Crippen molar-refractivity contribution in [1.29, 1.82) is 0 Å². The zero-order chi connectivity index (χ0) is 14.0. The molecule has 7 heteroatoms. The molecule has 0 radical (unpaired) electrons. The van der Waals surface area contributed by atoms with Gasteiger partial charge in [-0.3, -0.25) is 4.68 Å². The summed E-state index contributed by atoms with van der Waals surface area (Å²) in [5.74, 6) is 0.465. The van der Waals surface area contributed by atoms with E-state index in [9.17, 15) is 0 Å². The van der Waals surface area contributed by atoms with Crippen molar-refractivity contribution in [3.8, 4) is 5.88 Å². The van der Waals surface area contributed by atoms with Gasteiger partial charge in [-0.2, -0.15) is 5.10 Å². The van der Waals surface area contributed by atoms with E-state index in [4.69, 9.17) is 10.5 Å². The summed E-state index contributed by atoms with van der Waals surface area (Å²) >= 11 is 3.48. The van der Waals surface area contributed by atoms with Crippen LogP contribution in [0.25, 0.3) is 0 Å². The smallest absolute Gasteiger partial charge is 0.233 e. The number of hydrogen-bond donors (Lipinski definition) is 1. The molecule has 2 rings (SSSR count). The Morgan fingerprint density at radius 1 is 1.32 bits per heavy atom. The second-order valence-electron chi connectivity index (χ2n) is 4.39. The molecule has 2 aromatic rings. The van der Waals surface area contributed by atoms with Gasteiger partial charge in [-0.05, 0) is 35.8 Å². The predicted molar refractivity (Wildman–Crippen MR) is 74.9 cm³/mol. The molecule has 2 aromatic heterocycles. The Hall–Kier alpha value is -1.47. The summed E-state index contributed by atoms with van der Waals surface area (Å²) in [4.78, 5) is 0. The Bertz CT molecular complexity index is 552. The van der Waals surface area contributed by atoms with E-state index in [0.29, 0.717) is 11.6 Å². The van der Waals surface area contributed by atoms with Gasteiger partial charge in [-0.15, -0.1) is 10.2 Å². The van der Waals surface area contributed by atoms with Gasteiger partial charge < -0.3 is 10.5 Å². The fraction of sp³-hybridized carbons (Fsp3) is 0.417. The van der Waals surface area contributed by atoms with Crippen LogP contribution in [-0.4, -0.2) is 27.1 Å². The normalized spacial score (nSPS) is 12.7. The summed E-state index contributed by atoms with van der Waals surface area (Å²) in [7, 11) is 1.55. The molecular formula is C12H16BrN5O. The molecule has 0 bridgehead atoms. The summed E-state index contributed by atoms with van der Waals surface area (Å²) in [6.45, 7) is 4.10. The van der Waals surface area contributed by atoms with E-state index in [-0.39, 0.29) is 6.04 Å². The third-order valence-corrected chi connectivity index (χ3v) is 3.37. The molecule has 0 amide bonds. The van der Waals surface area contributed by atoms with Crippen LogP contribution in [0.1, 0.15) is 37.3 Å². The standard InChI is InChI=1S/C12H16BrN5O/c1-7(2)18-12(8(13)6-15-18)11(14)9-4-5-10(19-3)17-16-9/h4-7,11H,14H2,1-3H3. The lowest BCUT2D eigenvalue weighted by Crippen LogP contribution is -2.20. The van der Waals surface area contributed by atoms with Crippen LogP contribution in [0.3, 0.4) is 0 Å². The third kappa shape index (κ3) is 2.76. The molecule has 0 spiro atoms.